The Morgan fingerprint density at radius 1 is 1.08 bits per heavy atom. The summed E-state index contributed by atoms with van der Waals surface area (Å²) in [5.41, 5.74) is 2.10. The van der Waals surface area contributed by atoms with Crippen molar-refractivity contribution in [3.8, 4) is 0 Å². The molecule has 0 amide bonds. The zero-order valence-corrected chi connectivity index (χ0v) is 15.5. The number of fused-ring (bicyclic) bond motifs is 3. The molecule has 0 atom stereocenters. The number of nitrogens with zero attached hydrogens (tertiary/aromatic N) is 2. The predicted molar refractivity (Wildman–Crippen MR) is 94.3 cm³/mol. The molecule has 0 radical (unpaired) electrons. The van der Waals surface area contributed by atoms with Gasteiger partial charge in [0.2, 0.25) is 0 Å². The van der Waals surface area contributed by atoms with Crippen LogP contribution in [-0.2, 0) is 16.6 Å². The molecule has 3 aromatic rings. The Morgan fingerprint density at radius 2 is 1.83 bits per heavy atom. The first-order chi connectivity index (χ1) is 11.5. The minimum absolute atomic E-state index is 0.0689. The second-order valence-corrected chi connectivity index (χ2v) is 10.3. The molecule has 124 valence electrons. The van der Waals surface area contributed by atoms with Gasteiger partial charge >= 0.3 is 146 Å². The van der Waals surface area contributed by atoms with Crippen molar-refractivity contribution in [2.45, 2.75) is 25.7 Å². The van der Waals surface area contributed by atoms with Crippen molar-refractivity contribution in [3.63, 3.8) is 0 Å². The quantitative estimate of drug-likeness (QED) is 0.576. The molecule has 24 heavy (non-hydrogen) atoms. The first-order valence-electron chi connectivity index (χ1n) is 7.71. The fraction of sp³-hybridized carbons (Fsp3) is 0.250. The average molecular weight is 405 g/mol. The van der Waals surface area contributed by atoms with Crippen LogP contribution in [0, 0.1) is 0 Å². The van der Waals surface area contributed by atoms with Gasteiger partial charge in [-0.25, -0.2) is 0 Å². The predicted octanol–water partition coefficient (Wildman–Crippen LogP) is 1.87. The van der Waals surface area contributed by atoms with Gasteiger partial charge in [-0.2, -0.15) is 0 Å². The number of aryl methyl sites for hydroxylation is 2. The summed E-state index contributed by atoms with van der Waals surface area (Å²) in [6.07, 6.45) is 6.12. The number of hydrogen-bond donors (Lipinski definition) is 3. The van der Waals surface area contributed by atoms with Gasteiger partial charge in [-0.15, -0.1) is 0 Å². The van der Waals surface area contributed by atoms with Crippen LogP contribution in [0.1, 0.15) is 23.3 Å². The third kappa shape index (κ3) is 2.89. The van der Waals surface area contributed by atoms with E-state index in [4.69, 9.17) is 0 Å². The van der Waals surface area contributed by atoms with E-state index in [2.05, 4.69) is 15.3 Å². The van der Waals surface area contributed by atoms with Gasteiger partial charge in [0.15, 0.2) is 0 Å². The summed E-state index contributed by atoms with van der Waals surface area (Å²) in [5.74, 6) is 0.758. The molecule has 1 aliphatic rings. The van der Waals surface area contributed by atoms with Gasteiger partial charge in [-0.3, -0.25) is 0 Å². The molecule has 0 saturated carbocycles. The third-order valence-corrected chi connectivity index (χ3v) is 7.45. The monoisotopic (exact) mass is 405 g/mol. The minimum atomic E-state index is -4.84. The van der Waals surface area contributed by atoms with Crippen LogP contribution < -0.4 is 9.67 Å². The van der Waals surface area contributed by atoms with Gasteiger partial charge in [0.05, 0.1) is 0 Å². The normalized spacial score (nSPS) is 14.6. The van der Waals surface area contributed by atoms with Crippen molar-refractivity contribution < 1.29 is 11.9 Å². The van der Waals surface area contributed by atoms with Crippen molar-refractivity contribution in [2.75, 3.05) is 5.32 Å². The molecule has 0 saturated heterocycles. The van der Waals surface area contributed by atoms with Crippen LogP contribution in [0.2, 0.25) is 0 Å². The van der Waals surface area contributed by atoms with E-state index >= 15 is 0 Å². The van der Waals surface area contributed by atoms with Gasteiger partial charge in [0, 0.05) is 0 Å². The van der Waals surface area contributed by atoms with Crippen molar-refractivity contribution in [2.24, 2.45) is 0 Å². The van der Waals surface area contributed by atoms with Crippen LogP contribution in [0.5, 0.6) is 0 Å². The molecule has 3 N–H and O–H groups in total. The molecule has 2 aromatic heterocycles. The van der Waals surface area contributed by atoms with E-state index in [1.54, 1.807) is 29.8 Å². The molecule has 1 aliphatic carbocycles. The van der Waals surface area contributed by atoms with Gasteiger partial charge < -0.3 is 0 Å². The van der Waals surface area contributed by atoms with Crippen molar-refractivity contribution in [3.05, 3.63) is 41.0 Å². The topological polar surface area (TPSA) is 95.3 Å². The van der Waals surface area contributed by atoms with E-state index in [0.29, 0.717) is 0 Å². The van der Waals surface area contributed by atoms with Crippen molar-refractivity contribution >= 4 is 51.6 Å². The number of nitrogens with one attached hydrogen (secondary N) is 1. The van der Waals surface area contributed by atoms with Gasteiger partial charge in [-0.1, -0.05) is 0 Å². The van der Waals surface area contributed by atoms with Crippen LogP contribution in [0.3, 0.4) is 0 Å². The molecule has 0 bridgehead atoms. The molecule has 2 heterocycles. The van der Waals surface area contributed by atoms with E-state index in [1.807, 2.05) is 0 Å². The molecule has 0 fully saturated rings. The number of rotatable bonds is 3. The zero-order valence-electron chi connectivity index (χ0n) is 12.8. The SMILES string of the molecule is O=[As](O)(O)c1ccc(Nc2ncnc3sc4c(c23)CCCC4)cc1. The summed E-state index contributed by atoms with van der Waals surface area (Å²) in [5, 5.41) is 4.35. The Labute approximate surface area is 145 Å². The van der Waals surface area contributed by atoms with Gasteiger partial charge in [0.25, 0.3) is 0 Å². The second-order valence-electron chi connectivity index (χ2n) is 5.83. The Balaban J connectivity index is 1.72. The third-order valence-electron chi connectivity index (χ3n) is 4.22. The summed E-state index contributed by atoms with van der Waals surface area (Å²) in [6.45, 7) is 0. The van der Waals surface area contributed by atoms with E-state index in [9.17, 15) is 11.9 Å². The molecular weight excluding hydrogens is 389 g/mol. The standard InChI is InChI=1S/C16H16AsN3O3S/c21-17(22,23)10-5-7-11(8-6-10)20-15-14-12-3-1-2-4-13(12)24-16(14)19-9-18-15/h5-9H,1-4H2,(H,18,19,20)(H2,21,22,23). The molecule has 8 heteroatoms. The zero-order chi connectivity index (χ0) is 16.7. The summed E-state index contributed by atoms with van der Waals surface area (Å²) < 4.78 is 29.9. The van der Waals surface area contributed by atoms with Crippen LogP contribution in [-0.4, -0.2) is 32.3 Å². The molecule has 0 spiro atoms. The maximum atomic E-state index is 11.3. The summed E-state index contributed by atoms with van der Waals surface area (Å²) in [7, 11) is 0. The van der Waals surface area contributed by atoms with E-state index in [-0.39, 0.29) is 4.35 Å². The second kappa shape index (κ2) is 6.01. The Morgan fingerprint density at radius 3 is 2.58 bits per heavy atom. The fourth-order valence-electron chi connectivity index (χ4n) is 3.06. The average Bonchev–Trinajstić information content (AvgIpc) is 2.94. The molecule has 4 rings (SSSR count). The number of hydrogen-bond acceptors (Lipinski definition) is 5. The van der Waals surface area contributed by atoms with E-state index in [1.165, 1.54) is 35.4 Å². The van der Waals surface area contributed by atoms with Crippen LogP contribution in [0.25, 0.3) is 10.2 Å². The van der Waals surface area contributed by atoms with Crippen LogP contribution >= 0.6 is 11.3 Å². The van der Waals surface area contributed by atoms with Crippen LogP contribution in [0.4, 0.5) is 11.5 Å². The molecule has 1 aromatic carbocycles. The first kappa shape index (κ1) is 15.8. The molecule has 6 nitrogen and oxygen atoms in total. The number of benzene rings is 1. The number of aromatic nitrogens is 2. The van der Waals surface area contributed by atoms with Crippen LogP contribution in [0.15, 0.2) is 30.6 Å². The van der Waals surface area contributed by atoms with Crippen molar-refractivity contribution in [1.29, 1.82) is 0 Å². The maximum absolute atomic E-state index is 11.3. The van der Waals surface area contributed by atoms with Gasteiger partial charge in [-0.05, 0) is 0 Å². The fourth-order valence-corrected chi connectivity index (χ4v) is 5.42. The summed E-state index contributed by atoms with van der Waals surface area (Å²) in [4.78, 5) is 11.2. The molecular formula is C16H16AsN3O3S. The van der Waals surface area contributed by atoms with Crippen molar-refractivity contribution in [1.82, 2.24) is 9.97 Å². The Hall–Kier alpha value is -1.66. The van der Waals surface area contributed by atoms with E-state index in [0.717, 1.165) is 34.6 Å². The van der Waals surface area contributed by atoms with Gasteiger partial charge in [0.1, 0.15) is 0 Å². The first-order valence-corrected chi connectivity index (χ1v) is 11.9. The summed E-state index contributed by atoms with van der Waals surface area (Å²) in [6, 6.07) is 6.26. The summed E-state index contributed by atoms with van der Waals surface area (Å²) >= 11 is -3.10. The molecule has 0 aliphatic heterocycles. The number of thiophene rings is 1. The Bertz CT molecular complexity index is 949. The molecule has 0 unspecified atom stereocenters. The Kier molecular flexibility index (Phi) is 3.96. The number of anilines is 2. The van der Waals surface area contributed by atoms with E-state index < -0.39 is 14.2 Å².